The van der Waals surface area contributed by atoms with Crippen LogP contribution in [0.2, 0.25) is 0 Å². The number of nitrogens with two attached hydrogens (primary N) is 2. The summed E-state index contributed by atoms with van der Waals surface area (Å²) in [6.45, 7) is 4.48. The second kappa shape index (κ2) is 23.4. The van der Waals surface area contributed by atoms with Gasteiger partial charge < -0.3 is 43.0 Å². The van der Waals surface area contributed by atoms with Crippen LogP contribution in [0.3, 0.4) is 0 Å². The van der Waals surface area contributed by atoms with Crippen molar-refractivity contribution in [2.24, 2.45) is 11.5 Å². The summed E-state index contributed by atoms with van der Waals surface area (Å²) in [4.78, 5) is 27.8. The van der Waals surface area contributed by atoms with Gasteiger partial charge in [-0.2, -0.15) is 0 Å². The monoisotopic (exact) mass is 767 g/mol. The van der Waals surface area contributed by atoms with E-state index in [1.807, 2.05) is 4.90 Å². The summed E-state index contributed by atoms with van der Waals surface area (Å²) >= 11 is 0. The Morgan fingerprint density at radius 2 is 1.25 bits per heavy atom. The van der Waals surface area contributed by atoms with Gasteiger partial charge in [-0.1, -0.05) is 70.6 Å². The van der Waals surface area contributed by atoms with E-state index in [1.165, 1.54) is 64.2 Å². The minimum atomic E-state index is -0.397. The van der Waals surface area contributed by atoms with Crippen LogP contribution in [0.5, 0.6) is 0 Å². The van der Waals surface area contributed by atoms with Crippen LogP contribution >= 0.6 is 0 Å². The zero-order valence-corrected chi connectivity index (χ0v) is 33.8. The van der Waals surface area contributed by atoms with Crippen molar-refractivity contribution < 1.29 is 40.8 Å². The van der Waals surface area contributed by atoms with Crippen molar-refractivity contribution in [3.05, 3.63) is 0 Å². The maximum atomic E-state index is 13.2. The largest absolute Gasteiger partial charge is 1.00 e. The molecule has 0 aromatic rings. The van der Waals surface area contributed by atoms with Gasteiger partial charge in [-0.15, -0.1) is 0 Å². The lowest BCUT2D eigenvalue weighted by Crippen LogP contribution is -3.00. The Hall–Kier alpha value is -1.66. The minimum Gasteiger partial charge on any atom is -1.00 e. The van der Waals surface area contributed by atoms with Crippen molar-refractivity contribution in [3.63, 3.8) is 0 Å². The van der Waals surface area contributed by atoms with E-state index in [0.717, 1.165) is 129 Å². The van der Waals surface area contributed by atoms with Gasteiger partial charge in [0, 0.05) is 58.0 Å². The number of unbranched alkanes of at least 4 members (excludes halogenated alkanes) is 12. The SMILES string of the molecule is NCCCCN(CCCN)C(=O)CCCCCCCCCCCCCCC(=O)O[C@H]1C[C@H]2C[C@@]3(CCCCO3)NC3=[N+]2[C@@H]1C[C@@]1(CCCCCO1)N3.[Cl-]. The summed E-state index contributed by atoms with van der Waals surface area (Å²) in [7, 11) is 0. The average Bonchev–Trinajstić information content (AvgIpc) is 3.30. The van der Waals surface area contributed by atoms with E-state index in [1.54, 1.807) is 0 Å². The summed E-state index contributed by atoms with van der Waals surface area (Å²) < 4.78 is 21.8. The summed E-state index contributed by atoms with van der Waals surface area (Å²) in [5.74, 6) is 1.28. The molecular formula is C41H75ClN6O5. The molecule has 3 fully saturated rings. The molecule has 11 nitrogen and oxygen atoms in total. The Balaban J connectivity index is 0.00000627. The van der Waals surface area contributed by atoms with Gasteiger partial charge in [0.15, 0.2) is 11.4 Å². The van der Waals surface area contributed by atoms with Gasteiger partial charge in [-0.05, 0) is 70.9 Å². The van der Waals surface area contributed by atoms with Crippen molar-refractivity contribution in [3.8, 4) is 0 Å². The topological polar surface area (TPSA) is 144 Å². The quantitative estimate of drug-likeness (QED) is 0.0702. The fraction of sp³-hybridized carbons (Fsp3) is 0.927. The Morgan fingerprint density at radius 1 is 0.698 bits per heavy atom. The van der Waals surface area contributed by atoms with E-state index in [9.17, 15) is 9.59 Å². The van der Waals surface area contributed by atoms with E-state index >= 15 is 0 Å². The number of halogens is 1. The number of amides is 1. The number of carbonyl (C=O) groups excluding carboxylic acids is 2. The third kappa shape index (κ3) is 13.5. The van der Waals surface area contributed by atoms with Crippen LogP contribution < -0.4 is 34.5 Å². The van der Waals surface area contributed by atoms with Crippen LogP contribution in [0.15, 0.2) is 0 Å². The van der Waals surface area contributed by atoms with Crippen LogP contribution in [0.1, 0.15) is 173 Å². The molecule has 0 aromatic heterocycles. The molecule has 0 aromatic carbocycles. The third-order valence-corrected chi connectivity index (χ3v) is 12.4. The van der Waals surface area contributed by atoms with Gasteiger partial charge in [0.1, 0.15) is 12.1 Å². The van der Waals surface area contributed by atoms with Crippen LogP contribution in [0, 0.1) is 0 Å². The number of hydrogen-bond donors (Lipinski definition) is 4. The van der Waals surface area contributed by atoms with Crippen molar-refractivity contribution in [1.29, 1.82) is 0 Å². The molecule has 5 rings (SSSR count). The summed E-state index contributed by atoms with van der Waals surface area (Å²) in [5, 5.41) is 7.63. The Labute approximate surface area is 327 Å². The number of ether oxygens (including phenoxy) is 3. The number of carbonyl (C=O) groups is 2. The van der Waals surface area contributed by atoms with Gasteiger partial charge in [-0.3, -0.25) is 14.2 Å². The van der Waals surface area contributed by atoms with Gasteiger partial charge in [0.05, 0.1) is 19.3 Å². The molecule has 306 valence electrons. The Morgan fingerprint density at radius 3 is 1.89 bits per heavy atom. The molecule has 1 amide bonds. The predicted octanol–water partition coefficient (Wildman–Crippen LogP) is 2.96. The number of nitrogens with one attached hydrogen (secondary N) is 2. The zero-order chi connectivity index (χ0) is 36.5. The minimum absolute atomic E-state index is 0. The first-order chi connectivity index (χ1) is 25.5. The molecule has 53 heavy (non-hydrogen) atoms. The first kappa shape index (κ1) is 44.1. The van der Waals surface area contributed by atoms with E-state index in [2.05, 4.69) is 15.2 Å². The van der Waals surface area contributed by atoms with Gasteiger partial charge in [-0.25, -0.2) is 10.6 Å². The third-order valence-electron chi connectivity index (χ3n) is 12.4. The number of hydrogen-bond acceptors (Lipinski definition) is 9. The molecule has 12 heteroatoms. The Kier molecular flexibility index (Phi) is 19.5. The first-order valence-electron chi connectivity index (χ1n) is 21.8. The summed E-state index contributed by atoms with van der Waals surface area (Å²) in [5.41, 5.74) is 10.6. The van der Waals surface area contributed by atoms with Crippen LogP contribution in [0.25, 0.3) is 0 Å². The highest BCUT2D eigenvalue weighted by atomic mass is 35.5. The fourth-order valence-corrected chi connectivity index (χ4v) is 9.48. The molecular weight excluding hydrogens is 692 g/mol. The number of esters is 1. The van der Waals surface area contributed by atoms with Crippen molar-refractivity contribution in [2.45, 2.75) is 203 Å². The normalized spacial score (nSPS) is 27.8. The smallest absolute Gasteiger partial charge is 0.351 e. The molecule has 3 saturated heterocycles. The first-order valence-corrected chi connectivity index (χ1v) is 21.8. The zero-order valence-electron chi connectivity index (χ0n) is 33.0. The molecule has 0 aliphatic carbocycles. The summed E-state index contributed by atoms with van der Waals surface area (Å²) in [6.07, 6.45) is 28.5. The molecule has 0 radical (unpaired) electrons. The van der Waals surface area contributed by atoms with E-state index in [4.69, 9.17) is 25.7 Å². The maximum Gasteiger partial charge on any atom is 0.351 e. The standard InChI is InChI=1S/C41H74N6O5.ClH/c42-25-16-17-27-46(28-20-26-43)37(48)21-12-9-7-5-3-1-2-4-6-8-10-13-22-38(49)52-36-31-34-32-40(24-15-19-30-50-40)44-39-45-41(33-35(36)47(34)39)23-14-11-18-29-51-41;/h34-36H,1-33,42-43H2,(H,44,45);1H/t34-,35+,36-,40-,41-;/m0./s1. The molecule has 0 saturated carbocycles. The highest BCUT2D eigenvalue weighted by Crippen LogP contribution is 2.42. The molecule has 0 unspecified atom stereocenters. The van der Waals surface area contributed by atoms with Crippen LogP contribution in [-0.2, 0) is 23.8 Å². The van der Waals surface area contributed by atoms with Gasteiger partial charge in [0.25, 0.3) is 0 Å². The number of guanidine groups is 1. The highest BCUT2D eigenvalue weighted by molar-refractivity contribution is 5.78. The van der Waals surface area contributed by atoms with Crippen LogP contribution in [0.4, 0.5) is 0 Å². The highest BCUT2D eigenvalue weighted by Gasteiger charge is 2.60. The number of nitrogens with zero attached hydrogens (tertiary/aromatic N) is 2. The predicted molar refractivity (Wildman–Crippen MR) is 206 cm³/mol. The van der Waals surface area contributed by atoms with Gasteiger partial charge in [0.2, 0.25) is 5.91 Å². The molecule has 0 bridgehead atoms. The second-order valence-corrected chi connectivity index (χ2v) is 16.6. The molecule has 5 aliphatic heterocycles. The number of rotatable bonds is 23. The Bertz CT molecular complexity index is 1110. The lowest BCUT2D eigenvalue weighted by molar-refractivity contribution is -0.605. The van der Waals surface area contributed by atoms with Crippen molar-refractivity contribution in [1.82, 2.24) is 15.5 Å². The fourth-order valence-electron chi connectivity index (χ4n) is 9.48. The lowest BCUT2D eigenvalue weighted by Gasteiger charge is -2.46. The molecule has 6 N–H and O–H groups in total. The second-order valence-electron chi connectivity index (χ2n) is 16.6. The van der Waals surface area contributed by atoms with Crippen molar-refractivity contribution >= 4 is 17.8 Å². The molecule has 5 heterocycles. The van der Waals surface area contributed by atoms with Crippen LogP contribution in [-0.4, -0.2) is 96.3 Å². The maximum absolute atomic E-state index is 13.2. The van der Waals surface area contributed by atoms with E-state index in [0.29, 0.717) is 32.0 Å². The van der Waals surface area contributed by atoms with E-state index < -0.39 is 5.72 Å². The van der Waals surface area contributed by atoms with Crippen molar-refractivity contribution in [2.75, 3.05) is 39.4 Å². The summed E-state index contributed by atoms with van der Waals surface area (Å²) in [6, 6.07) is 0.448. The molecule has 2 spiro atoms. The average molecular weight is 768 g/mol. The lowest BCUT2D eigenvalue weighted by atomic mass is 9.92. The molecule has 5 atom stereocenters. The van der Waals surface area contributed by atoms with E-state index in [-0.39, 0.29) is 42.2 Å². The molecule has 5 aliphatic rings. The van der Waals surface area contributed by atoms with Gasteiger partial charge >= 0.3 is 11.9 Å².